The zero-order valence-corrected chi connectivity index (χ0v) is 16.2. The molecule has 2 aromatic rings. The average molecular weight is 383 g/mol. The molecular weight excluding hydrogens is 359 g/mol. The van der Waals surface area contributed by atoms with E-state index in [2.05, 4.69) is 29.1 Å². The number of aromatic nitrogens is 2. The molecule has 0 amide bonds. The van der Waals surface area contributed by atoms with Crippen molar-refractivity contribution in [2.24, 2.45) is 0 Å². The molecule has 1 saturated heterocycles. The monoisotopic (exact) mass is 382 g/mol. The Balaban J connectivity index is 2.09. The number of hydrogen-bond donors (Lipinski definition) is 2. The van der Waals surface area contributed by atoms with E-state index >= 15 is 0 Å². The standard InChI is InChI=1S/C18H24Cl2N4O/c1-11-10-21-22-17(11)18(25)24(16-8-7-14(19)9-15(16)20)23-12(2)5-4-6-13(23)3/h7-10,12-13,18,25H,4-6H2,1-3H3,(H,21,22). The second kappa shape index (κ2) is 7.54. The Morgan fingerprint density at radius 3 is 2.52 bits per heavy atom. The third-order valence-electron chi connectivity index (χ3n) is 4.91. The second-order valence-corrected chi connectivity index (χ2v) is 7.63. The van der Waals surface area contributed by atoms with E-state index in [1.54, 1.807) is 18.3 Å². The Bertz CT molecular complexity index is 726. The van der Waals surface area contributed by atoms with Gasteiger partial charge in [0.05, 0.1) is 22.6 Å². The van der Waals surface area contributed by atoms with Gasteiger partial charge in [-0.1, -0.05) is 29.6 Å². The molecule has 1 aliphatic rings. The minimum Gasteiger partial charge on any atom is -0.367 e. The fraction of sp³-hybridized carbons (Fsp3) is 0.500. The van der Waals surface area contributed by atoms with Crippen LogP contribution < -0.4 is 5.01 Å². The van der Waals surface area contributed by atoms with Crippen molar-refractivity contribution in [3.63, 3.8) is 0 Å². The van der Waals surface area contributed by atoms with Gasteiger partial charge < -0.3 is 5.11 Å². The fourth-order valence-electron chi connectivity index (χ4n) is 3.62. The molecule has 1 aliphatic heterocycles. The zero-order valence-electron chi connectivity index (χ0n) is 14.7. The van der Waals surface area contributed by atoms with Gasteiger partial charge in [-0.3, -0.25) is 10.1 Å². The maximum atomic E-state index is 11.2. The Labute approximate surface area is 158 Å². The van der Waals surface area contributed by atoms with Crippen LogP contribution in [0.4, 0.5) is 5.69 Å². The van der Waals surface area contributed by atoms with Gasteiger partial charge in [0.15, 0.2) is 6.23 Å². The van der Waals surface area contributed by atoms with Crippen LogP contribution in [0.5, 0.6) is 0 Å². The summed E-state index contributed by atoms with van der Waals surface area (Å²) in [5.41, 5.74) is 2.30. The van der Waals surface area contributed by atoms with Gasteiger partial charge in [0.25, 0.3) is 0 Å². The van der Waals surface area contributed by atoms with Crippen molar-refractivity contribution in [1.29, 1.82) is 0 Å². The molecule has 3 unspecified atom stereocenters. The second-order valence-electron chi connectivity index (χ2n) is 6.79. The van der Waals surface area contributed by atoms with Crippen LogP contribution in [0.1, 0.15) is 50.6 Å². The van der Waals surface area contributed by atoms with E-state index in [-0.39, 0.29) is 12.1 Å². The number of hydrogen-bond acceptors (Lipinski definition) is 4. The van der Waals surface area contributed by atoms with Crippen molar-refractivity contribution < 1.29 is 5.11 Å². The summed E-state index contributed by atoms with van der Waals surface area (Å²) in [6, 6.07) is 5.92. The lowest BCUT2D eigenvalue weighted by Gasteiger charge is -2.48. The number of aromatic amines is 1. The molecule has 1 aromatic heterocycles. The van der Waals surface area contributed by atoms with Crippen LogP contribution in [0, 0.1) is 6.92 Å². The van der Waals surface area contributed by atoms with Gasteiger partial charge in [-0.25, -0.2) is 5.01 Å². The molecule has 0 radical (unpaired) electrons. The SMILES string of the molecule is Cc1cn[nH]c1C(O)N(c1ccc(Cl)cc1Cl)N1C(C)CCCC1C. The van der Waals surface area contributed by atoms with Crippen molar-refractivity contribution in [3.05, 3.63) is 45.7 Å². The van der Waals surface area contributed by atoms with Gasteiger partial charge in [-0.2, -0.15) is 5.10 Å². The van der Waals surface area contributed by atoms with Crippen molar-refractivity contribution >= 4 is 28.9 Å². The number of halogens is 2. The lowest BCUT2D eigenvalue weighted by atomic mass is 9.99. The quantitative estimate of drug-likeness (QED) is 0.752. The maximum Gasteiger partial charge on any atom is 0.184 e. The first-order chi connectivity index (χ1) is 11.9. The summed E-state index contributed by atoms with van der Waals surface area (Å²) in [7, 11) is 0. The van der Waals surface area contributed by atoms with E-state index in [1.165, 1.54) is 6.42 Å². The Morgan fingerprint density at radius 2 is 1.96 bits per heavy atom. The van der Waals surface area contributed by atoms with E-state index in [0.717, 1.165) is 24.1 Å². The molecule has 25 heavy (non-hydrogen) atoms. The van der Waals surface area contributed by atoms with Crippen LogP contribution in [0.2, 0.25) is 10.0 Å². The minimum atomic E-state index is -0.913. The largest absolute Gasteiger partial charge is 0.367 e. The molecule has 0 saturated carbocycles. The molecule has 136 valence electrons. The molecule has 0 bridgehead atoms. The smallest absolute Gasteiger partial charge is 0.184 e. The molecule has 3 rings (SSSR count). The Kier molecular flexibility index (Phi) is 5.58. The van der Waals surface area contributed by atoms with Gasteiger partial charge in [-0.05, 0) is 57.4 Å². The Morgan fingerprint density at radius 1 is 1.28 bits per heavy atom. The highest BCUT2D eigenvalue weighted by Crippen LogP contribution is 2.38. The van der Waals surface area contributed by atoms with Crippen LogP contribution in [0.25, 0.3) is 0 Å². The number of aryl methyl sites for hydroxylation is 1. The van der Waals surface area contributed by atoms with Gasteiger partial charge in [0.1, 0.15) is 0 Å². The van der Waals surface area contributed by atoms with E-state index in [1.807, 2.05) is 18.0 Å². The summed E-state index contributed by atoms with van der Waals surface area (Å²) < 4.78 is 0. The molecular formula is C18H24Cl2N4O. The number of nitrogens with one attached hydrogen (secondary N) is 1. The van der Waals surface area contributed by atoms with Crippen molar-refractivity contribution in [1.82, 2.24) is 15.2 Å². The predicted octanol–water partition coefficient (Wildman–Crippen LogP) is 4.70. The summed E-state index contributed by atoms with van der Waals surface area (Å²) in [5, 5.41) is 23.4. The van der Waals surface area contributed by atoms with Gasteiger partial charge in [-0.15, -0.1) is 0 Å². The first-order valence-electron chi connectivity index (χ1n) is 8.60. The summed E-state index contributed by atoms with van der Waals surface area (Å²) in [5.74, 6) is 0. The van der Waals surface area contributed by atoms with Crippen LogP contribution >= 0.6 is 23.2 Å². The third kappa shape index (κ3) is 3.65. The number of piperidine rings is 1. The molecule has 2 heterocycles. The molecule has 1 aromatic carbocycles. The highest BCUT2D eigenvalue weighted by atomic mass is 35.5. The number of hydrazine groups is 1. The number of nitrogens with zero attached hydrogens (tertiary/aromatic N) is 3. The molecule has 7 heteroatoms. The average Bonchev–Trinajstić information content (AvgIpc) is 2.98. The molecule has 0 spiro atoms. The molecule has 3 atom stereocenters. The normalized spacial score (nSPS) is 22.8. The summed E-state index contributed by atoms with van der Waals surface area (Å²) >= 11 is 12.6. The third-order valence-corrected chi connectivity index (χ3v) is 5.45. The number of H-pyrrole nitrogens is 1. The summed E-state index contributed by atoms with van der Waals surface area (Å²) in [4.78, 5) is 0. The number of rotatable bonds is 4. The first kappa shape index (κ1) is 18.5. The highest BCUT2D eigenvalue weighted by molar-refractivity contribution is 6.36. The van der Waals surface area contributed by atoms with Crippen LogP contribution in [0.3, 0.4) is 0 Å². The van der Waals surface area contributed by atoms with Crippen LogP contribution in [-0.2, 0) is 0 Å². The number of aliphatic hydroxyl groups excluding tert-OH is 1. The molecule has 5 nitrogen and oxygen atoms in total. The van der Waals surface area contributed by atoms with E-state index in [9.17, 15) is 5.11 Å². The van der Waals surface area contributed by atoms with Crippen molar-refractivity contribution in [3.8, 4) is 0 Å². The molecule has 2 N–H and O–H groups in total. The minimum absolute atomic E-state index is 0.286. The number of aliphatic hydroxyl groups is 1. The predicted molar refractivity (Wildman–Crippen MR) is 102 cm³/mol. The lowest BCUT2D eigenvalue weighted by Crippen LogP contribution is -2.56. The molecule has 1 fully saturated rings. The van der Waals surface area contributed by atoms with E-state index < -0.39 is 6.23 Å². The number of benzene rings is 1. The van der Waals surface area contributed by atoms with Gasteiger partial charge >= 0.3 is 0 Å². The van der Waals surface area contributed by atoms with E-state index in [0.29, 0.717) is 15.7 Å². The van der Waals surface area contributed by atoms with Crippen molar-refractivity contribution in [2.75, 3.05) is 5.01 Å². The topological polar surface area (TPSA) is 55.4 Å². The highest BCUT2D eigenvalue weighted by Gasteiger charge is 2.36. The number of anilines is 1. The lowest BCUT2D eigenvalue weighted by molar-refractivity contribution is 0.0166. The van der Waals surface area contributed by atoms with Gasteiger partial charge in [0, 0.05) is 17.1 Å². The maximum absolute atomic E-state index is 11.2. The zero-order chi connectivity index (χ0) is 18.1. The summed E-state index contributed by atoms with van der Waals surface area (Å²) in [6.07, 6.45) is 4.12. The van der Waals surface area contributed by atoms with Crippen LogP contribution in [-0.4, -0.2) is 32.4 Å². The van der Waals surface area contributed by atoms with Gasteiger partial charge in [0.2, 0.25) is 0 Å². The van der Waals surface area contributed by atoms with E-state index in [4.69, 9.17) is 23.2 Å². The summed E-state index contributed by atoms with van der Waals surface area (Å²) in [6.45, 7) is 6.28. The van der Waals surface area contributed by atoms with Crippen molar-refractivity contribution in [2.45, 2.75) is 58.3 Å². The first-order valence-corrected chi connectivity index (χ1v) is 9.36. The Hall–Kier alpha value is -1.27. The molecule has 0 aliphatic carbocycles. The fourth-order valence-corrected chi connectivity index (χ4v) is 4.12. The van der Waals surface area contributed by atoms with Crippen LogP contribution in [0.15, 0.2) is 24.4 Å².